The van der Waals surface area contributed by atoms with Crippen molar-refractivity contribution in [1.82, 2.24) is 20.4 Å². The third-order valence-electron chi connectivity index (χ3n) is 3.87. The quantitative estimate of drug-likeness (QED) is 0.244. The van der Waals surface area contributed by atoms with Gasteiger partial charge in [0.15, 0.2) is 17.5 Å². The Hall–Kier alpha value is -2.17. The van der Waals surface area contributed by atoms with Crippen LogP contribution in [0.4, 0.5) is 0 Å². The maximum absolute atomic E-state index is 5.50. The van der Waals surface area contributed by atoms with Crippen LogP contribution in [0.5, 0.6) is 17.2 Å². The summed E-state index contributed by atoms with van der Waals surface area (Å²) in [6, 6.07) is 5.72. The van der Waals surface area contributed by atoms with Crippen LogP contribution in [0.3, 0.4) is 0 Å². The van der Waals surface area contributed by atoms with Gasteiger partial charge in [0.1, 0.15) is 0 Å². The van der Waals surface area contributed by atoms with Crippen molar-refractivity contribution in [2.24, 2.45) is 4.99 Å². The van der Waals surface area contributed by atoms with Crippen molar-refractivity contribution in [3.63, 3.8) is 0 Å². The number of aryl methyl sites for hydroxylation is 1. The van der Waals surface area contributed by atoms with Crippen LogP contribution in [0.2, 0.25) is 0 Å². The van der Waals surface area contributed by atoms with E-state index in [1.165, 1.54) is 0 Å². The number of guanidine groups is 1. The number of halogens is 1. The number of aliphatic imine (C=N–C) groups is 1. The molecule has 0 saturated heterocycles. The molecule has 1 heterocycles. The van der Waals surface area contributed by atoms with Crippen molar-refractivity contribution in [2.45, 2.75) is 19.5 Å². The Morgan fingerprint density at radius 2 is 1.89 bits per heavy atom. The van der Waals surface area contributed by atoms with Gasteiger partial charge in [0.2, 0.25) is 5.75 Å². The van der Waals surface area contributed by atoms with Crippen LogP contribution in [0.25, 0.3) is 0 Å². The lowest BCUT2D eigenvalue weighted by Crippen LogP contribution is -2.37. The van der Waals surface area contributed by atoms with Crippen molar-refractivity contribution in [2.75, 3.05) is 34.9 Å². The van der Waals surface area contributed by atoms with Gasteiger partial charge in [0, 0.05) is 44.6 Å². The number of methoxy groups -OCH3 is 3. The SMILES string of the molecule is CN=C(NCCCn1cccn1)NCc1ccc(OC)c(OC)c1OC.I. The first-order valence-electron chi connectivity index (χ1n) is 8.43. The van der Waals surface area contributed by atoms with Gasteiger partial charge in [-0.2, -0.15) is 5.10 Å². The van der Waals surface area contributed by atoms with E-state index < -0.39 is 0 Å². The number of nitrogens with one attached hydrogen (secondary N) is 2. The van der Waals surface area contributed by atoms with E-state index in [1.54, 1.807) is 34.6 Å². The minimum absolute atomic E-state index is 0. The predicted octanol–water partition coefficient (Wildman–Crippen LogP) is 2.28. The van der Waals surface area contributed by atoms with Gasteiger partial charge in [0.25, 0.3) is 0 Å². The number of rotatable bonds is 9. The fourth-order valence-corrected chi connectivity index (χ4v) is 2.58. The van der Waals surface area contributed by atoms with E-state index in [1.807, 2.05) is 29.1 Å². The van der Waals surface area contributed by atoms with Crippen LogP contribution in [0.15, 0.2) is 35.6 Å². The summed E-state index contributed by atoms with van der Waals surface area (Å²) < 4.78 is 18.1. The molecule has 0 amide bonds. The third kappa shape index (κ3) is 6.49. The summed E-state index contributed by atoms with van der Waals surface area (Å²) >= 11 is 0. The Balaban J connectivity index is 0.00000364. The van der Waals surface area contributed by atoms with E-state index in [0.29, 0.717) is 23.8 Å². The second kappa shape index (κ2) is 12.3. The number of nitrogens with zero attached hydrogens (tertiary/aromatic N) is 3. The summed E-state index contributed by atoms with van der Waals surface area (Å²) in [6.45, 7) is 2.20. The molecule has 1 aromatic carbocycles. The standard InChI is InChI=1S/C18H27N5O3.HI/c1-19-18(20-9-5-11-23-12-6-10-22-23)21-13-14-7-8-15(24-2)17(26-4)16(14)25-3;/h6-8,10,12H,5,9,11,13H2,1-4H3,(H2,19,20,21);1H. The number of benzene rings is 1. The highest BCUT2D eigenvalue weighted by molar-refractivity contribution is 14.0. The first kappa shape index (κ1) is 22.9. The Bertz CT molecular complexity index is 707. The minimum atomic E-state index is 0. The van der Waals surface area contributed by atoms with E-state index in [2.05, 4.69) is 20.7 Å². The van der Waals surface area contributed by atoms with Gasteiger partial charge in [-0.15, -0.1) is 24.0 Å². The smallest absolute Gasteiger partial charge is 0.203 e. The molecule has 0 atom stereocenters. The highest BCUT2D eigenvalue weighted by Crippen LogP contribution is 2.39. The van der Waals surface area contributed by atoms with Gasteiger partial charge < -0.3 is 24.8 Å². The van der Waals surface area contributed by atoms with Crippen LogP contribution in [0, 0.1) is 0 Å². The van der Waals surface area contributed by atoms with Crippen LogP contribution >= 0.6 is 24.0 Å². The molecule has 150 valence electrons. The molecular formula is C18H28IN5O3. The van der Waals surface area contributed by atoms with Crippen molar-refractivity contribution in [3.8, 4) is 17.2 Å². The first-order valence-corrected chi connectivity index (χ1v) is 8.43. The average Bonchev–Trinajstić information content (AvgIpc) is 3.19. The molecule has 0 fully saturated rings. The lowest BCUT2D eigenvalue weighted by atomic mass is 10.1. The van der Waals surface area contributed by atoms with E-state index >= 15 is 0 Å². The highest BCUT2D eigenvalue weighted by atomic mass is 127. The van der Waals surface area contributed by atoms with Gasteiger partial charge in [-0.25, -0.2) is 0 Å². The molecule has 1 aromatic heterocycles. The minimum Gasteiger partial charge on any atom is -0.493 e. The van der Waals surface area contributed by atoms with Crippen molar-refractivity contribution < 1.29 is 14.2 Å². The lowest BCUT2D eigenvalue weighted by molar-refractivity contribution is 0.322. The van der Waals surface area contributed by atoms with E-state index in [4.69, 9.17) is 14.2 Å². The van der Waals surface area contributed by atoms with E-state index in [-0.39, 0.29) is 24.0 Å². The Morgan fingerprint density at radius 3 is 2.48 bits per heavy atom. The number of hydrogen-bond donors (Lipinski definition) is 2. The summed E-state index contributed by atoms with van der Waals surface area (Å²) in [6.07, 6.45) is 4.68. The maximum Gasteiger partial charge on any atom is 0.203 e. The second-order valence-electron chi connectivity index (χ2n) is 5.47. The maximum atomic E-state index is 5.50. The zero-order valence-corrected chi connectivity index (χ0v) is 18.5. The van der Waals surface area contributed by atoms with Gasteiger partial charge in [-0.05, 0) is 24.6 Å². The van der Waals surface area contributed by atoms with Gasteiger partial charge >= 0.3 is 0 Å². The monoisotopic (exact) mass is 489 g/mol. The molecule has 0 bridgehead atoms. The van der Waals surface area contributed by atoms with Crippen LogP contribution in [0.1, 0.15) is 12.0 Å². The summed E-state index contributed by atoms with van der Waals surface area (Å²) in [4.78, 5) is 4.24. The normalized spacial score (nSPS) is 10.7. The fourth-order valence-electron chi connectivity index (χ4n) is 2.58. The molecule has 0 aliphatic carbocycles. The Kier molecular flexibility index (Phi) is 10.4. The van der Waals surface area contributed by atoms with Crippen molar-refractivity contribution in [1.29, 1.82) is 0 Å². The third-order valence-corrected chi connectivity index (χ3v) is 3.87. The molecule has 2 N–H and O–H groups in total. The molecule has 2 rings (SSSR count). The fraction of sp³-hybridized carbons (Fsp3) is 0.444. The number of aromatic nitrogens is 2. The molecule has 0 radical (unpaired) electrons. The van der Waals surface area contributed by atoms with Gasteiger partial charge in [-0.1, -0.05) is 0 Å². The van der Waals surface area contributed by atoms with Gasteiger partial charge in [0.05, 0.1) is 21.3 Å². The van der Waals surface area contributed by atoms with Gasteiger partial charge in [-0.3, -0.25) is 9.67 Å². The zero-order valence-electron chi connectivity index (χ0n) is 16.2. The predicted molar refractivity (Wildman–Crippen MR) is 117 cm³/mol. The number of hydrogen-bond acceptors (Lipinski definition) is 5. The second-order valence-corrected chi connectivity index (χ2v) is 5.47. The molecule has 8 nitrogen and oxygen atoms in total. The topological polar surface area (TPSA) is 81.9 Å². The molecule has 9 heteroatoms. The van der Waals surface area contributed by atoms with E-state index in [9.17, 15) is 0 Å². The van der Waals surface area contributed by atoms with Crippen LogP contribution in [-0.2, 0) is 13.1 Å². The largest absolute Gasteiger partial charge is 0.493 e. The average molecular weight is 489 g/mol. The van der Waals surface area contributed by atoms with Crippen molar-refractivity contribution >= 4 is 29.9 Å². The highest BCUT2D eigenvalue weighted by Gasteiger charge is 2.15. The molecule has 0 spiro atoms. The molecular weight excluding hydrogens is 461 g/mol. The summed E-state index contributed by atoms with van der Waals surface area (Å²) in [5.41, 5.74) is 0.949. The summed E-state index contributed by atoms with van der Waals surface area (Å²) in [5.74, 6) is 2.58. The summed E-state index contributed by atoms with van der Waals surface area (Å²) in [5, 5.41) is 10.8. The lowest BCUT2D eigenvalue weighted by Gasteiger charge is -2.17. The molecule has 27 heavy (non-hydrogen) atoms. The Labute approximate surface area is 177 Å². The molecule has 0 unspecified atom stereocenters. The van der Waals surface area contributed by atoms with Crippen LogP contribution < -0.4 is 24.8 Å². The number of ether oxygens (including phenoxy) is 3. The summed E-state index contributed by atoms with van der Waals surface area (Å²) in [7, 11) is 6.56. The van der Waals surface area contributed by atoms with Crippen molar-refractivity contribution in [3.05, 3.63) is 36.2 Å². The molecule has 0 saturated carbocycles. The Morgan fingerprint density at radius 1 is 1.11 bits per heavy atom. The van der Waals surface area contributed by atoms with E-state index in [0.717, 1.165) is 31.0 Å². The molecule has 0 aliphatic rings. The zero-order chi connectivity index (χ0) is 18.8. The molecule has 2 aromatic rings. The first-order chi connectivity index (χ1) is 12.7. The molecule has 0 aliphatic heterocycles. The van der Waals surface area contributed by atoms with Crippen LogP contribution in [-0.4, -0.2) is 50.7 Å².